The van der Waals surface area contributed by atoms with E-state index < -0.39 is 229 Å². The minimum absolute atomic E-state index is 0.00742. The minimum Gasteiger partial charge on any atom is -0.394 e. The average molecular weight is 1370 g/mol. The molecule has 12 fully saturated rings. The van der Waals surface area contributed by atoms with E-state index in [0.29, 0.717) is 48.3 Å². The Morgan fingerprint density at radius 1 is 0.379 bits per heavy atom. The fourth-order valence-corrected chi connectivity index (χ4v) is 19.1. The van der Waals surface area contributed by atoms with Gasteiger partial charge in [-0.05, 0) is 111 Å². The lowest BCUT2D eigenvalue weighted by Gasteiger charge is -2.61. The molecule has 18 N–H and O–H groups in total. The van der Waals surface area contributed by atoms with E-state index in [0.717, 1.165) is 58.0 Å². The molecule has 32 nitrogen and oxygen atoms in total. The largest absolute Gasteiger partial charge is 0.394 e. The molecule has 0 aromatic heterocycles. The predicted molar refractivity (Wildman–Crippen MR) is 312 cm³/mol. The maximum absolute atomic E-state index is 12.2. The van der Waals surface area contributed by atoms with E-state index in [1.807, 2.05) is 0 Å². The van der Waals surface area contributed by atoms with Gasteiger partial charge in [0, 0.05) is 12.3 Å². The van der Waals surface area contributed by atoms with Gasteiger partial charge in [-0.1, -0.05) is 27.7 Å². The van der Waals surface area contributed by atoms with Crippen LogP contribution in [-0.2, 0) is 66.3 Å². The summed E-state index contributed by atoms with van der Waals surface area (Å²) in [6.07, 6.45) is -48.2. The summed E-state index contributed by atoms with van der Waals surface area (Å²) >= 11 is 0. The summed E-state index contributed by atoms with van der Waals surface area (Å²) < 4.78 is 85.9. The first-order chi connectivity index (χ1) is 45.1. The van der Waals surface area contributed by atoms with Gasteiger partial charge in [-0.25, -0.2) is 0 Å². The Bertz CT molecular complexity index is 2500. The van der Waals surface area contributed by atoms with Crippen LogP contribution in [0.15, 0.2) is 0 Å². The predicted octanol–water partition coefficient (Wildman–Crippen LogP) is -6.23. The van der Waals surface area contributed by atoms with E-state index in [2.05, 4.69) is 27.7 Å². The highest BCUT2D eigenvalue weighted by molar-refractivity contribution is 5.16. The van der Waals surface area contributed by atoms with Crippen molar-refractivity contribution in [3.05, 3.63) is 0 Å². The Labute approximate surface area is 549 Å². The lowest BCUT2D eigenvalue weighted by atomic mass is 9.44. The molecule has 0 aromatic carbocycles. The zero-order valence-electron chi connectivity index (χ0n) is 54.1. The highest BCUT2D eigenvalue weighted by atomic mass is 16.8. The van der Waals surface area contributed by atoms with Gasteiger partial charge in [0.1, 0.15) is 140 Å². The highest BCUT2D eigenvalue weighted by Gasteiger charge is 2.70. The van der Waals surface area contributed by atoms with Gasteiger partial charge in [0.2, 0.25) is 0 Å². The first kappa shape index (κ1) is 73.5. The van der Waals surface area contributed by atoms with E-state index in [4.69, 9.17) is 66.3 Å². The quantitative estimate of drug-likeness (QED) is 0.0603. The molecule has 4 saturated carbocycles. The van der Waals surface area contributed by atoms with Crippen LogP contribution < -0.4 is 0 Å². The fourth-order valence-electron chi connectivity index (χ4n) is 19.1. The SMILES string of the molecule is CC1CC[C@]2(OC1)O[C@H]1C[C@H]3[C@@H]4CC[C@H]5C[C@@H](O[C@@H]6O[C@H](CO)[C@@H](O[C@@H]7O[C@H](CO)[C@@H](O)[C@H](O[C@@H]8O[C@H](CO)[C@@H](O)[C@H](O[C@@H]9O[C@H](CO)[C@@H](O)[C@H](O)[C@H]9O)[C@H]8O)[C@H]7O[C@@H]7O[C@H](CO)[C@@H](O)[C@H](O[C@@H]8O[C@@H](C)[C@H](O)[C@@H](O)[C@H]8O)[C@H]7O)[C@H](O)[C@H]6O)CC[C@]5(C)[C@H]4CC[C@]3(C)[C@H]1[C@@H]2C. The van der Waals surface area contributed by atoms with Crippen LogP contribution in [0.3, 0.4) is 0 Å². The van der Waals surface area contributed by atoms with Crippen molar-refractivity contribution >= 4 is 0 Å². The Kier molecular flexibility index (Phi) is 22.5. The van der Waals surface area contributed by atoms with E-state index in [9.17, 15) is 91.9 Å². The smallest absolute Gasteiger partial charge is 0.187 e. The van der Waals surface area contributed by atoms with Gasteiger partial charge in [0.25, 0.3) is 0 Å². The van der Waals surface area contributed by atoms with Crippen LogP contribution in [0.25, 0.3) is 0 Å². The molecule has 12 aliphatic rings. The molecule has 548 valence electrons. The standard InChI is InChI=1S/C63H104O32/c1-22-8-13-63(82-21-22)23(2)36-30(95-63)15-29-27-7-6-25-14-26(9-11-61(25,4)28(27)10-12-62(29,36)5)84-56-47(79)44(76)50(35(20-68)89-56)90-60-54(94-59-49(81)51(39(71)33(18-66)87-59)91-55-45(77)42(74)37(69)24(3)83-55)53(41(73)34(19-67)88-60)93-58-48(80)52(40(72)32(17-65)86-58)92-57-46(78)43(75)38(70)31(16-64)85-57/h22-60,64-81H,6-21H2,1-5H3/t22?,23-,24-,25-,26-,27+,28-,29-,30-,31+,32+,33+,34+,35+,36-,37-,38+,39+,40+,41+,42+,43-,44+,45+,46+,47+,48+,49+,50+,51-,52-,53-,54+,55-,56+,57-,58-,59-,60-,61-,62-,63-/m0/s1. The average Bonchev–Trinajstić information content (AvgIpc) is 1.50. The van der Waals surface area contributed by atoms with Gasteiger partial charge < -0.3 is 158 Å². The molecule has 0 radical (unpaired) electrons. The lowest BCUT2D eigenvalue weighted by Crippen LogP contribution is -2.69. The number of aliphatic hydroxyl groups excluding tert-OH is 18. The summed E-state index contributed by atoms with van der Waals surface area (Å²) in [7, 11) is 0. The molecule has 8 aliphatic heterocycles. The Hall–Kier alpha value is -1.28. The van der Waals surface area contributed by atoms with Crippen molar-refractivity contribution in [3.63, 3.8) is 0 Å². The molecule has 42 atom stereocenters. The summed E-state index contributed by atoms with van der Waals surface area (Å²) in [5, 5.41) is 200. The van der Waals surface area contributed by atoms with Crippen LogP contribution in [0.2, 0.25) is 0 Å². The van der Waals surface area contributed by atoms with Crippen LogP contribution in [0.1, 0.15) is 98.8 Å². The molecular formula is C63H104O32. The molecule has 8 heterocycles. The molecule has 4 aliphatic carbocycles. The van der Waals surface area contributed by atoms with Crippen molar-refractivity contribution < 1.29 is 158 Å². The summed E-state index contributed by atoms with van der Waals surface area (Å²) in [5.74, 6) is 2.59. The summed E-state index contributed by atoms with van der Waals surface area (Å²) in [4.78, 5) is 0. The molecule has 8 saturated heterocycles. The van der Waals surface area contributed by atoms with Crippen LogP contribution in [0.4, 0.5) is 0 Å². The number of rotatable bonds is 17. The zero-order valence-corrected chi connectivity index (χ0v) is 54.1. The van der Waals surface area contributed by atoms with Crippen molar-refractivity contribution in [1.29, 1.82) is 0 Å². The van der Waals surface area contributed by atoms with Crippen molar-refractivity contribution in [1.82, 2.24) is 0 Å². The second-order valence-corrected chi connectivity index (χ2v) is 29.9. The molecule has 0 aromatic rings. The summed E-state index contributed by atoms with van der Waals surface area (Å²) in [5.41, 5.74) is 0.148. The maximum atomic E-state index is 12.2. The third kappa shape index (κ3) is 13.2. The second kappa shape index (κ2) is 29.1. The van der Waals surface area contributed by atoms with E-state index in [1.54, 1.807) is 0 Å². The van der Waals surface area contributed by atoms with Gasteiger partial charge in [-0.2, -0.15) is 0 Å². The Morgan fingerprint density at radius 3 is 1.43 bits per heavy atom. The third-order valence-corrected chi connectivity index (χ3v) is 24.6. The first-order valence-corrected chi connectivity index (χ1v) is 34.2. The van der Waals surface area contributed by atoms with Crippen LogP contribution in [0.5, 0.6) is 0 Å². The summed E-state index contributed by atoms with van der Waals surface area (Å²) in [6.45, 7) is 6.69. The number of aliphatic hydroxyl groups is 18. The number of fused-ring (bicyclic) bond motifs is 7. The Morgan fingerprint density at radius 2 is 0.853 bits per heavy atom. The minimum atomic E-state index is -2.26. The molecule has 1 spiro atoms. The Balaban J connectivity index is 0.771. The number of hydrogen-bond acceptors (Lipinski definition) is 32. The van der Waals surface area contributed by atoms with Crippen LogP contribution >= 0.6 is 0 Å². The number of hydrogen-bond donors (Lipinski definition) is 18. The molecule has 32 heteroatoms. The molecule has 0 bridgehead atoms. The van der Waals surface area contributed by atoms with Crippen LogP contribution in [0, 0.1) is 52.3 Å². The number of ether oxygens (including phenoxy) is 14. The van der Waals surface area contributed by atoms with Gasteiger partial charge in [-0.3, -0.25) is 0 Å². The van der Waals surface area contributed by atoms with Crippen LogP contribution in [-0.4, -0.2) is 334 Å². The van der Waals surface area contributed by atoms with E-state index >= 15 is 0 Å². The third-order valence-electron chi connectivity index (χ3n) is 24.6. The molecule has 0 amide bonds. The topological polar surface area (TPSA) is 493 Å². The maximum Gasteiger partial charge on any atom is 0.187 e. The fraction of sp³-hybridized carbons (Fsp3) is 1.00. The van der Waals surface area contributed by atoms with Gasteiger partial charge in [-0.15, -0.1) is 0 Å². The van der Waals surface area contributed by atoms with Crippen molar-refractivity contribution in [2.75, 3.05) is 39.6 Å². The first-order valence-electron chi connectivity index (χ1n) is 34.2. The highest BCUT2D eigenvalue weighted by Crippen LogP contribution is 2.71. The van der Waals surface area contributed by atoms with Crippen molar-refractivity contribution in [2.24, 2.45) is 52.3 Å². The van der Waals surface area contributed by atoms with Crippen molar-refractivity contribution in [2.45, 2.75) is 301 Å². The molecule has 12 rings (SSSR count). The second-order valence-electron chi connectivity index (χ2n) is 29.9. The lowest BCUT2D eigenvalue weighted by molar-refractivity contribution is -0.414. The van der Waals surface area contributed by atoms with Gasteiger partial charge in [0.15, 0.2) is 43.5 Å². The van der Waals surface area contributed by atoms with Gasteiger partial charge in [0.05, 0.1) is 58.0 Å². The van der Waals surface area contributed by atoms with E-state index in [-0.39, 0.29) is 22.9 Å². The normalized spacial score (nSPS) is 57.3. The molecule has 95 heavy (non-hydrogen) atoms. The van der Waals surface area contributed by atoms with Gasteiger partial charge >= 0.3 is 0 Å². The summed E-state index contributed by atoms with van der Waals surface area (Å²) in [6, 6.07) is 0. The van der Waals surface area contributed by atoms with E-state index in [1.165, 1.54) is 6.92 Å². The molecule has 1 unspecified atom stereocenters. The zero-order chi connectivity index (χ0) is 68.2. The van der Waals surface area contributed by atoms with Crippen molar-refractivity contribution in [3.8, 4) is 0 Å². The monoisotopic (exact) mass is 1370 g/mol. The molecular weight excluding hydrogens is 1270 g/mol.